The van der Waals surface area contributed by atoms with Crippen LogP contribution in [0.3, 0.4) is 0 Å². The number of nitrogens with two attached hydrogens (primary N) is 1. The van der Waals surface area contributed by atoms with Crippen LogP contribution in [-0.4, -0.2) is 18.6 Å². The third-order valence-electron chi connectivity index (χ3n) is 2.13. The summed E-state index contributed by atoms with van der Waals surface area (Å²) in [5, 5.41) is 0. The zero-order valence-electron chi connectivity index (χ0n) is 7.21. The minimum absolute atomic E-state index is 0.107. The number of hydrogen-bond acceptors (Lipinski definition) is 3. The molecule has 1 rings (SSSR count). The van der Waals surface area contributed by atoms with Crippen LogP contribution in [0, 0.1) is 0 Å². The zero-order valence-corrected chi connectivity index (χ0v) is 7.21. The Labute approximate surface area is 72.4 Å². The van der Waals surface area contributed by atoms with E-state index in [-0.39, 0.29) is 12.0 Å². The summed E-state index contributed by atoms with van der Waals surface area (Å²) in [7, 11) is 0. The molecule has 1 amide bonds. The second-order valence-corrected chi connectivity index (χ2v) is 3.09. The molecule has 0 aromatic carbocycles. The van der Waals surface area contributed by atoms with E-state index in [1.165, 1.54) is 6.42 Å². The van der Waals surface area contributed by atoms with Crippen molar-refractivity contribution in [2.75, 3.05) is 6.61 Å². The van der Waals surface area contributed by atoms with Crippen LogP contribution in [0.2, 0.25) is 0 Å². The van der Waals surface area contributed by atoms with Gasteiger partial charge in [-0.1, -0.05) is 0 Å². The zero-order chi connectivity index (χ0) is 8.81. The molecule has 0 aliphatic carbocycles. The van der Waals surface area contributed by atoms with Gasteiger partial charge in [0.1, 0.15) is 0 Å². The van der Waals surface area contributed by atoms with Gasteiger partial charge in [0, 0.05) is 13.0 Å². The van der Waals surface area contributed by atoms with Crippen LogP contribution in [0.1, 0.15) is 32.1 Å². The molecule has 0 spiro atoms. The van der Waals surface area contributed by atoms with E-state index in [0.29, 0.717) is 6.42 Å². The van der Waals surface area contributed by atoms with Crippen molar-refractivity contribution in [3.63, 3.8) is 0 Å². The first-order valence-electron chi connectivity index (χ1n) is 4.44. The van der Waals surface area contributed by atoms with Gasteiger partial charge in [-0.3, -0.25) is 10.2 Å². The highest BCUT2D eigenvalue weighted by Crippen LogP contribution is 2.16. The summed E-state index contributed by atoms with van der Waals surface area (Å²) in [6.45, 7) is 0.842. The number of hydrogen-bond donors (Lipinski definition) is 2. The molecule has 1 aliphatic heterocycles. The molecule has 0 aromatic heterocycles. The number of ether oxygens (including phenoxy) is 1. The van der Waals surface area contributed by atoms with Gasteiger partial charge in [0.25, 0.3) is 0 Å². The summed E-state index contributed by atoms with van der Waals surface area (Å²) < 4.78 is 5.45. The van der Waals surface area contributed by atoms with E-state index >= 15 is 0 Å². The van der Waals surface area contributed by atoms with E-state index in [9.17, 15) is 4.79 Å². The van der Waals surface area contributed by atoms with Crippen molar-refractivity contribution in [2.24, 2.45) is 5.84 Å². The number of rotatable bonds is 3. The average molecular weight is 172 g/mol. The van der Waals surface area contributed by atoms with Crippen molar-refractivity contribution in [1.29, 1.82) is 0 Å². The van der Waals surface area contributed by atoms with Crippen molar-refractivity contribution in [3.8, 4) is 0 Å². The fraction of sp³-hybridized carbons (Fsp3) is 0.875. The molecule has 1 heterocycles. The molecular weight excluding hydrogens is 156 g/mol. The van der Waals surface area contributed by atoms with Crippen molar-refractivity contribution < 1.29 is 9.53 Å². The maximum atomic E-state index is 10.8. The molecule has 4 heteroatoms. The van der Waals surface area contributed by atoms with Gasteiger partial charge in [-0.25, -0.2) is 5.84 Å². The summed E-state index contributed by atoms with van der Waals surface area (Å²) in [5.41, 5.74) is 2.11. The van der Waals surface area contributed by atoms with Crippen LogP contribution in [0.15, 0.2) is 0 Å². The predicted octanol–water partition coefficient (Wildman–Crippen LogP) is 0.326. The third-order valence-corrected chi connectivity index (χ3v) is 2.13. The summed E-state index contributed by atoms with van der Waals surface area (Å²) in [5.74, 6) is 4.84. The van der Waals surface area contributed by atoms with Gasteiger partial charge in [0.2, 0.25) is 5.91 Å². The first-order valence-corrected chi connectivity index (χ1v) is 4.44. The maximum absolute atomic E-state index is 10.8. The van der Waals surface area contributed by atoms with E-state index in [2.05, 4.69) is 5.43 Å². The SMILES string of the molecule is NNC(=O)CCC1CCCCO1. The van der Waals surface area contributed by atoms with Crippen molar-refractivity contribution in [1.82, 2.24) is 5.43 Å². The lowest BCUT2D eigenvalue weighted by Crippen LogP contribution is -2.31. The second-order valence-electron chi connectivity index (χ2n) is 3.09. The fourth-order valence-electron chi connectivity index (χ4n) is 1.40. The van der Waals surface area contributed by atoms with E-state index in [1.54, 1.807) is 0 Å². The standard InChI is InChI=1S/C8H16N2O2/c9-10-8(11)5-4-7-3-1-2-6-12-7/h7H,1-6,9H2,(H,10,11). The molecule has 1 atom stereocenters. The van der Waals surface area contributed by atoms with E-state index in [0.717, 1.165) is 25.9 Å². The van der Waals surface area contributed by atoms with Crippen LogP contribution in [0.25, 0.3) is 0 Å². The van der Waals surface area contributed by atoms with Crippen LogP contribution in [0.5, 0.6) is 0 Å². The van der Waals surface area contributed by atoms with Crippen molar-refractivity contribution in [2.45, 2.75) is 38.2 Å². The van der Waals surface area contributed by atoms with Crippen LogP contribution < -0.4 is 11.3 Å². The van der Waals surface area contributed by atoms with Crippen LogP contribution in [-0.2, 0) is 9.53 Å². The van der Waals surface area contributed by atoms with Gasteiger partial charge in [-0.2, -0.15) is 0 Å². The highest BCUT2D eigenvalue weighted by Gasteiger charge is 2.14. The van der Waals surface area contributed by atoms with Gasteiger partial charge in [-0.05, 0) is 25.7 Å². The lowest BCUT2D eigenvalue weighted by molar-refractivity contribution is -0.122. The Morgan fingerprint density at radius 1 is 1.58 bits per heavy atom. The highest BCUT2D eigenvalue weighted by atomic mass is 16.5. The Balaban J connectivity index is 2.09. The highest BCUT2D eigenvalue weighted by molar-refractivity contribution is 5.75. The molecule has 0 bridgehead atoms. The second kappa shape index (κ2) is 5.11. The number of hydrazine groups is 1. The van der Waals surface area contributed by atoms with Crippen LogP contribution in [0.4, 0.5) is 0 Å². The molecule has 0 aromatic rings. The molecule has 12 heavy (non-hydrogen) atoms. The Hall–Kier alpha value is -0.610. The van der Waals surface area contributed by atoms with Gasteiger partial charge in [0.15, 0.2) is 0 Å². The number of amides is 1. The van der Waals surface area contributed by atoms with E-state index in [1.807, 2.05) is 0 Å². The average Bonchev–Trinajstić information content (AvgIpc) is 2.16. The largest absolute Gasteiger partial charge is 0.378 e. The van der Waals surface area contributed by atoms with Crippen LogP contribution >= 0.6 is 0 Å². The fourth-order valence-corrected chi connectivity index (χ4v) is 1.40. The summed E-state index contributed by atoms with van der Waals surface area (Å²) >= 11 is 0. The first kappa shape index (κ1) is 9.48. The number of carbonyl (C=O) groups excluding carboxylic acids is 1. The molecule has 0 radical (unpaired) electrons. The van der Waals surface area contributed by atoms with Crippen molar-refractivity contribution in [3.05, 3.63) is 0 Å². The monoisotopic (exact) mass is 172 g/mol. The molecular formula is C8H16N2O2. The normalized spacial score (nSPS) is 23.6. The molecule has 0 saturated carbocycles. The topological polar surface area (TPSA) is 64.3 Å². The quantitative estimate of drug-likeness (QED) is 0.366. The van der Waals surface area contributed by atoms with Gasteiger partial charge >= 0.3 is 0 Å². The van der Waals surface area contributed by atoms with Gasteiger partial charge in [-0.15, -0.1) is 0 Å². The Morgan fingerprint density at radius 2 is 2.42 bits per heavy atom. The predicted molar refractivity (Wildman–Crippen MR) is 45.2 cm³/mol. The lowest BCUT2D eigenvalue weighted by Gasteiger charge is -2.21. The molecule has 4 nitrogen and oxygen atoms in total. The third kappa shape index (κ3) is 3.19. The maximum Gasteiger partial charge on any atom is 0.233 e. The van der Waals surface area contributed by atoms with Gasteiger partial charge < -0.3 is 4.74 Å². The molecule has 1 saturated heterocycles. The molecule has 3 N–H and O–H groups in total. The van der Waals surface area contributed by atoms with E-state index in [4.69, 9.17) is 10.6 Å². The minimum atomic E-state index is -0.107. The molecule has 70 valence electrons. The Kier molecular flexibility index (Phi) is 4.04. The Morgan fingerprint density at radius 3 is 3.00 bits per heavy atom. The minimum Gasteiger partial charge on any atom is -0.378 e. The molecule has 1 aliphatic rings. The summed E-state index contributed by atoms with van der Waals surface area (Å²) in [6.07, 6.45) is 4.99. The van der Waals surface area contributed by atoms with Gasteiger partial charge in [0.05, 0.1) is 6.10 Å². The van der Waals surface area contributed by atoms with E-state index < -0.39 is 0 Å². The number of carbonyl (C=O) groups is 1. The summed E-state index contributed by atoms with van der Waals surface area (Å²) in [6, 6.07) is 0. The molecule has 1 unspecified atom stereocenters. The van der Waals surface area contributed by atoms with Crippen molar-refractivity contribution >= 4 is 5.91 Å². The summed E-state index contributed by atoms with van der Waals surface area (Å²) in [4.78, 5) is 10.8. The lowest BCUT2D eigenvalue weighted by atomic mass is 10.0. The Bertz CT molecular complexity index is 144. The molecule has 1 fully saturated rings. The number of nitrogens with one attached hydrogen (secondary N) is 1. The first-order chi connectivity index (χ1) is 5.83. The smallest absolute Gasteiger partial charge is 0.233 e.